The zero-order valence-electron chi connectivity index (χ0n) is 17.0. The number of para-hydroxylation sites is 1. The molecule has 0 unspecified atom stereocenters. The van der Waals surface area contributed by atoms with Crippen LogP contribution < -0.4 is 5.32 Å². The highest BCUT2D eigenvalue weighted by Gasteiger charge is 2.34. The first-order valence-corrected chi connectivity index (χ1v) is 10.8. The fourth-order valence-corrected chi connectivity index (χ4v) is 4.79. The number of aromatic hydroxyl groups is 1. The molecule has 1 aromatic heterocycles. The van der Waals surface area contributed by atoms with Gasteiger partial charge in [-0.3, -0.25) is 4.79 Å². The minimum absolute atomic E-state index is 0.00468. The Bertz CT molecular complexity index is 1050. The number of piperidine rings is 1. The normalized spacial score (nSPS) is 15.7. The second kappa shape index (κ2) is 8.44. The predicted molar refractivity (Wildman–Crippen MR) is 108 cm³/mol. The minimum atomic E-state index is -3.72. The van der Waals surface area contributed by atoms with Gasteiger partial charge in [0.2, 0.25) is 5.91 Å². The van der Waals surface area contributed by atoms with Gasteiger partial charge in [0.1, 0.15) is 11.4 Å². The fraction of sp³-hybridized carbons (Fsp3) is 0.421. The van der Waals surface area contributed by atoms with E-state index in [0.717, 1.165) is 0 Å². The number of imidazole rings is 1. The van der Waals surface area contributed by atoms with Crippen LogP contribution in [0.25, 0.3) is 0 Å². The molecule has 162 valence electrons. The molecule has 3 rings (SSSR count). The first-order chi connectivity index (χ1) is 14.1. The lowest BCUT2D eigenvalue weighted by Crippen LogP contribution is -2.41. The summed E-state index contributed by atoms with van der Waals surface area (Å²) < 4.78 is 33.1. The number of anilines is 1. The molecule has 0 saturated carbocycles. The molecule has 1 aromatic carbocycles. The number of nitrogens with zero attached hydrogens (tertiary/aromatic N) is 3. The van der Waals surface area contributed by atoms with E-state index in [4.69, 9.17) is 0 Å². The minimum Gasteiger partial charge on any atom is -0.505 e. The molecule has 1 amide bonds. The molecule has 0 atom stereocenters. The number of carbonyl (C=O) groups is 2. The summed E-state index contributed by atoms with van der Waals surface area (Å²) in [4.78, 5) is 28.4. The molecule has 1 fully saturated rings. The standard InChI is InChI=1S/C19H24N4O6S/c1-12-20-16(11-22(12)2)30(27,28)23-9-7-13(8-10-23)18(25)21-15-6-4-5-14(17(15)24)19(26)29-3/h4-6,11,13,24H,7-10H2,1-3H3,(H,21,25). The number of methoxy groups -OCH3 is 1. The maximum absolute atomic E-state index is 12.8. The van der Waals surface area contributed by atoms with Crippen LogP contribution in [0.5, 0.6) is 5.75 Å². The van der Waals surface area contributed by atoms with E-state index in [1.807, 2.05) is 0 Å². The van der Waals surface area contributed by atoms with Crippen molar-refractivity contribution in [2.24, 2.45) is 13.0 Å². The first kappa shape index (κ1) is 21.8. The number of benzene rings is 1. The van der Waals surface area contributed by atoms with Crippen molar-refractivity contribution in [3.05, 3.63) is 35.8 Å². The van der Waals surface area contributed by atoms with Gasteiger partial charge in [-0.1, -0.05) is 6.07 Å². The highest BCUT2D eigenvalue weighted by Crippen LogP contribution is 2.30. The number of ether oxygens (including phenoxy) is 1. The van der Waals surface area contributed by atoms with Crippen LogP contribution in [0.15, 0.2) is 29.4 Å². The number of hydrogen-bond donors (Lipinski definition) is 2. The maximum Gasteiger partial charge on any atom is 0.341 e. The molecular formula is C19H24N4O6S. The number of phenolic OH excluding ortho intramolecular Hbond substituents is 1. The molecule has 10 nitrogen and oxygen atoms in total. The van der Waals surface area contributed by atoms with Crippen molar-refractivity contribution in [1.29, 1.82) is 0 Å². The van der Waals surface area contributed by atoms with E-state index in [-0.39, 0.29) is 41.0 Å². The second-order valence-electron chi connectivity index (χ2n) is 7.10. The van der Waals surface area contributed by atoms with Gasteiger partial charge < -0.3 is 19.7 Å². The van der Waals surface area contributed by atoms with Gasteiger partial charge in [0.25, 0.3) is 10.0 Å². The Morgan fingerprint density at radius 1 is 1.27 bits per heavy atom. The largest absolute Gasteiger partial charge is 0.505 e. The summed E-state index contributed by atoms with van der Waals surface area (Å²) in [5.74, 6) is -1.27. The van der Waals surface area contributed by atoms with Crippen LogP contribution in [0, 0.1) is 12.8 Å². The number of aryl methyl sites for hydroxylation is 2. The summed E-state index contributed by atoms with van der Waals surface area (Å²) >= 11 is 0. The zero-order valence-corrected chi connectivity index (χ0v) is 17.8. The number of phenols is 1. The molecule has 30 heavy (non-hydrogen) atoms. The number of amides is 1. The van der Waals surface area contributed by atoms with Crippen molar-refractivity contribution in [3.63, 3.8) is 0 Å². The van der Waals surface area contributed by atoms with Gasteiger partial charge in [-0.15, -0.1) is 0 Å². The van der Waals surface area contributed by atoms with Gasteiger partial charge in [0.15, 0.2) is 10.8 Å². The van der Waals surface area contributed by atoms with E-state index in [9.17, 15) is 23.1 Å². The van der Waals surface area contributed by atoms with Gasteiger partial charge in [-0.25, -0.2) is 18.2 Å². The third-order valence-electron chi connectivity index (χ3n) is 5.21. The SMILES string of the molecule is COC(=O)c1cccc(NC(=O)C2CCN(S(=O)(=O)c3cn(C)c(C)n3)CC2)c1O. The molecule has 11 heteroatoms. The molecule has 1 aliphatic heterocycles. The Balaban J connectivity index is 1.65. The van der Waals surface area contributed by atoms with Crippen LogP contribution in [0.4, 0.5) is 5.69 Å². The molecule has 0 spiro atoms. The lowest BCUT2D eigenvalue weighted by atomic mass is 9.97. The van der Waals surface area contributed by atoms with Crippen LogP contribution in [-0.2, 0) is 26.6 Å². The Morgan fingerprint density at radius 2 is 1.93 bits per heavy atom. The number of rotatable bonds is 5. The van der Waals surface area contributed by atoms with Crippen LogP contribution in [0.2, 0.25) is 0 Å². The summed E-state index contributed by atoms with van der Waals surface area (Å²) in [6.45, 7) is 2.09. The molecule has 2 N–H and O–H groups in total. The van der Waals surface area contributed by atoms with Gasteiger partial charge in [0, 0.05) is 32.3 Å². The fourth-order valence-electron chi connectivity index (χ4n) is 3.30. The lowest BCUT2D eigenvalue weighted by Gasteiger charge is -2.30. The topological polar surface area (TPSA) is 131 Å². The Morgan fingerprint density at radius 3 is 2.50 bits per heavy atom. The number of nitrogens with one attached hydrogen (secondary N) is 1. The van der Waals surface area contributed by atoms with E-state index >= 15 is 0 Å². The molecule has 1 aliphatic rings. The summed E-state index contributed by atoms with van der Waals surface area (Å²) in [5, 5.41) is 12.8. The quantitative estimate of drug-likeness (QED) is 0.533. The van der Waals surface area contributed by atoms with Gasteiger partial charge in [0.05, 0.1) is 12.8 Å². The molecule has 0 bridgehead atoms. The van der Waals surface area contributed by atoms with Crippen LogP contribution in [0.3, 0.4) is 0 Å². The Kier molecular flexibility index (Phi) is 6.13. The van der Waals surface area contributed by atoms with E-state index in [2.05, 4.69) is 15.0 Å². The van der Waals surface area contributed by atoms with Crippen LogP contribution >= 0.6 is 0 Å². The van der Waals surface area contributed by atoms with E-state index in [1.165, 1.54) is 35.8 Å². The third kappa shape index (κ3) is 4.17. The van der Waals surface area contributed by atoms with Crippen molar-refractivity contribution in [2.75, 3.05) is 25.5 Å². The van der Waals surface area contributed by atoms with Gasteiger partial charge in [-0.2, -0.15) is 4.31 Å². The lowest BCUT2D eigenvalue weighted by molar-refractivity contribution is -0.120. The monoisotopic (exact) mass is 436 g/mol. The number of aromatic nitrogens is 2. The number of carbonyl (C=O) groups excluding carboxylic acids is 2. The first-order valence-electron chi connectivity index (χ1n) is 9.36. The average Bonchev–Trinajstić information content (AvgIpc) is 3.08. The molecule has 0 radical (unpaired) electrons. The van der Waals surface area contributed by atoms with Gasteiger partial charge >= 0.3 is 5.97 Å². The average molecular weight is 436 g/mol. The third-order valence-corrected chi connectivity index (χ3v) is 6.98. The summed E-state index contributed by atoms with van der Waals surface area (Å²) in [5.41, 5.74) is 0.0452. The predicted octanol–water partition coefficient (Wildman–Crippen LogP) is 1.26. The van der Waals surface area contributed by atoms with E-state index in [1.54, 1.807) is 18.5 Å². The number of sulfonamides is 1. The van der Waals surface area contributed by atoms with Crippen molar-refractivity contribution in [1.82, 2.24) is 13.9 Å². The van der Waals surface area contributed by atoms with Crippen molar-refractivity contribution >= 4 is 27.6 Å². The van der Waals surface area contributed by atoms with E-state index < -0.39 is 21.9 Å². The Labute approximate surface area is 174 Å². The number of hydrogen-bond acceptors (Lipinski definition) is 7. The van der Waals surface area contributed by atoms with Gasteiger partial charge in [-0.05, 0) is 31.9 Å². The second-order valence-corrected chi connectivity index (χ2v) is 8.98. The summed E-state index contributed by atoms with van der Waals surface area (Å²) in [6.07, 6.45) is 2.13. The molecular weight excluding hydrogens is 412 g/mol. The zero-order chi connectivity index (χ0) is 22.1. The number of esters is 1. The van der Waals surface area contributed by atoms with Crippen molar-refractivity contribution in [2.45, 2.75) is 24.8 Å². The molecule has 0 aliphatic carbocycles. The summed E-state index contributed by atoms with van der Waals surface area (Å²) in [6, 6.07) is 4.38. The smallest absolute Gasteiger partial charge is 0.341 e. The molecule has 2 aromatic rings. The van der Waals surface area contributed by atoms with E-state index in [0.29, 0.717) is 18.7 Å². The molecule has 1 saturated heterocycles. The maximum atomic E-state index is 12.8. The van der Waals surface area contributed by atoms with Crippen LogP contribution in [-0.4, -0.2) is 59.5 Å². The highest BCUT2D eigenvalue weighted by molar-refractivity contribution is 7.89. The summed E-state index contributed by atoms with van der Waals surface area (Å²) in [7, 11) is -0.798. The highest BCUT2D eigenvalue weighted by atomic mass is 32.2. The van der Waals surface area contributed by atoms with Crippen molar-refractivity contribution in [3.8, 4) is 5.75 Å². The van der Waals surface area contributed by atoms with Crippen molar-refractivity contribution < 1.29 is 27.9 Å². The molecule has 2 heterocycles. The Hall–Kier alpha value is -2.92. The van der Waals surface area contributed by atoms with Crippen LogP contribution in [0.1, 0.15) is 29.0 Å².